The van der Waals surface area contributed by atoms with Crippen LogP contribution in [0.2, 0.25) is 0 Å². The van der Waals surface area contributed by atoms with Crippen molar-refractivity contribution in [2.75, 3.05) is 20.1 Å². The van der Waals surface area contributed by atoms with Crippen LogP contribution in [0.1, 0.15) is 39.5 Å². The van der Waals surface area contributed by atoms with E-state index >= 15 is 0 Å². The molecule has 0 unspecified atom stereocenters. The first kappa shape index (κ1) is 13.4. The van der Waals surface area contributed by atoms with Crippen LogP contribution in [-0.4, -0.2) is 36.1 Å². The highest BCUT2D eigenvalue weighted by Gasteiger charge is 2.01. The van der Waals surface area contributed by atoms with E-state index in [1.54, 1.807) is 0 Å². The summed E-state index contributed by atoms with van der Waals surface area (Å²) in [5, 5.41) is 8.46. The molecule has 0 atom stereocenters. The molecular formula is C11H23NO2. The first-order valence-electron chi connectivity index (χ1n) is 5.42. The van der Waals surface area contributed by atoms with E-state index < -0.39 is 5.97 Å². The van der Waals surface area contributed by atoms with Crippen LogP contribution < -0.4 is 0 Å². The van der Waals surface area contributed by atoms with E-state index in [2.05, 4.69) is 25.8 Å². The summed E-state index contributed by atoms with van der Waals surface area (Å²) in [5.74, 6) is 0.0722. The van der Waals surface area contributed by atoms with Crippen molar-refractivity contribution in [1.82, 2.24) is 4.90 Å². The highest BCUT2D eigenvalue weighted by molar-refractivity contribution is 5.66. The van der Waals surface area contributed by atoms with Crippen molar-refractivity contribution in [2.24, 2.45) is 5.92 Å². The first-order chi connectivity index (χ1) is 6.52. The Hall–Kier alpha value is -0.570. The molecule has 14 heavy (non-hydrogen) atoms. The third kappa shape index (κ3) is 9.52. The summed E-state index contributed by atoms with van der Waals surface area (Å²) in [6.45, 7) is 6.43. The van der Waals surface area contributed by atoms with Gasteiger partial charge in [0.2, 0.25) is 0 Å². The molecule has 0 aliphatic carbocycles. The maximum atomic E-state index is 10.3. The molecule has 1 N–H and O–H groups in total. The quantitative estimate of drug-likeness (QED) is 0.654. The molecule has 0 amide bonds. The number of hydrogen-bond donors (Lipinski definition) is 1. The summed E-state index contributed by atoms with van der Waals surface area (Å²) >= 11 is 0. The molecule has 3 heteroatoms. The van der Waals surface area contributed by atoms with E-state index in [9.17, 15) is 4.79 Å². The Morgan fingerprint density at radius 2 is 1.86 bits per heavy atom. The number of carboxylic acids is 1. The topological polar surface area (TPSA) is 40.5 Å². The summed E-state index contributed by atoms with van der Waals surface area (Å²) < 4.78 is 0. The van der Waals surface area contributed by atoms with Gasteiger partial charge in [0.25, 0.3) is 0 Å². The predicted molar refractivity (Wildman–Crippen MR) is 58.4 cm³/mol. The van der Waals surface area contributed by atoms with Crippen molar-refractivity contribution >= 4 is 5.97 Å². The predicted octanol–water partition coefficient (Wildman–Crippen LogP) is 2.22. The molecule has 0 rings (SSSR count). The van der Waals surface area contributed by atoms with Crippen LogP contribution in [-0.2, 0) is 4.79 Å². The molecule has 0 saturated heterocycles. The summed E-state index contributed by atoms with van der Waals surface area (Å²) in [6, 6.07) is 0. The van der Waals surface area contributed by atoms with Crippen molar-refractivity contribution in [3.05, 3.63) is 0 Å². The average molecular weight is 201 g/mol. The Morgan fingerprint density at radius 1 is 1.29 bits per heavy atom. The van der Waals surface area contributed by atoms with E-state index in [1.165, 1.54) is 12.8 Å². The molecule has 0 aromatic carbocycles. The minimum absolute atomic E-state index is 0.286. The van der Waals surface area contributed by atoms with Gasteiger partial charge in [-0.3, -0.25) is 4.79 Å². The number of rotatable bonds is 8. The zero-order valence-corrected chi connectivity index (χ0v) is 9.62. The zero-order valence-electron chi connectivity index (χ0n) is 9.62. The van der Waals surface area contributed by atoms with Crippen LogP contribution >= 0.6 is 0 Å². The minimum Gasteiger partial charge on any atom is -0.481 e. The fourth-order valence-corrected chi connectivity index (χ4v) is 1.38. The van der Waals surface area contributed by atoms with Gasteiger partial charge in [-0.2, -0.15) is 0 Å². The Bertz CT molecular complexity index is 157. The smallest absolute Gasteiger partial charge is 0.303 e. The van der Waals surface area contributed by atoms with Gasteiger partial charge in [0.05, 0.1) is 0 Å². The number of hydrogen-bond acceptors (Lipinski definition) is 2. The van der Waals surface area contributed by atoms with Crippen molar-refractivity contribution < 1.29 is 9.90 Å². The summed E-state index contributed by atoms with van der Waals surface area (Å²) in [4.78, 5) is 12.5. The van der Waals surface area contributed by atoms with E-state index in [-0.39, 0.29) is 6.42 Å². The SMILES string of the molecule is CC(C)CCCN(C)CCCC(=O)O. The lowest BCUT2D eigenvalue weighted by Crippen LogP contribution is -2.21. The van der Waals surface area contributed by atoms with Crippen molar-refractivity contribution in [1.29, 1.82) is 0 Å². The second-order valence-electron chi connectivity index (χ2n) is 4.34. The number of carboxylic acid groups (broad SMARTS) is 1. The van der Waals surface area contributed by atoms with Gasteiger partial charge in [0, 0.05) is 6.42 Å². The number of aliphatic carboxylic acids is 1. The van der Waals surface area contributed by atoms with Crippen LogP contribution in [0.3, 0.4) is 0 Å². The molecule has 0 aromatic rings. The van der Waals surface area contributed by atoms with E-state index in [1.807, 2.05) is 0 Å². The highest BCUT2D eigenvalue weighted by atomic mass is 16.4. The molecule has 0 saturated carbocycles. The Kier molecular flexibility index (Phi) is 7.48. The molecule has 0 spiro atoms. The van der Waals surface area contributed by atoms with Crippen molar-refractivity contribution in [2.45, 2.75) is 39.5 Å². The monoisotopic (exact) mass is 201 g/mol. The van der Waals surface area contributed by atoms with E-state index in [0.717, 1.165) is 25.4 Å². The largest absolute Gasteiger partial charge is 0.481 e. The van der Waals surface area contributed by atoms with E-state index in [0.29, 0.717) is 0 Å². The maximum Gasteiger partial charge on any atom is 0.303 e. The highest BCUT2D eigenvalue weighted by Crippen LogP contribution is 2.04. The second-order valence-corrected chi connectivity index (χ2v) is 4.34. The molecule has 3 nitrogen and oxygen atoms in total. The van der Waals surface area contributed by atoms with Gasteiger partial charge in [0.15, 0.2) is 0 Å². The third-order valence-electron chi connectivity index (χ3n) is 2.25. The molecular weight excluding hydrogens is 178 g/mol. The van der Waals surface area contributed by atoms with Crippen molar-refractivity contribution in [3.8, 4) is 0 Å². The molecule has 0 fully saturated rings. The van der Waals surface area contributed by atoms with Gasteiger partial charge >= 0.3 is 5.97 Å². The number of nitrogens with zero attached hydrogens (tertiary/aromatic N) is 1. The summed E-state index contributed by atoms with van der Waals surface area (Å²) in [7, 11) is 2.06. The van der Waals surface area contributed by atoms with Gasteiger partial charge < -0.3 is 10.0 Å². The van der Waals surface area contributed by atoms with Crippen LogP contribution in [0, 0.1) is 5.92 Å². The van der Waals surface area contributed by atoms with Crippen LogP contribution in [0.4, 0.5) is 0 Å². The molecule has 0 aliphatic heterocycles. The average Bonchev–Trinajstić information content (AvgIpc) is 2.02. The molecule has 0 heterocycles. The van der Waals surface area contributed by atoms with Crippen LogP contribution in [0.15, 0.2) is 0 Å². The maximum absolute atomic E-state index is 10.3. The Morgan fingerprint density at radius 3 is 2.36 bits per heavy atom. The second kappa shape index (κ2) is 7.80. The molecule has 0 aliphatic rings. The number of carbonyl (C=O) groups is 1. The van der Waals surface area contributed by atoms with Crippen molar-refractivity contribution in [3.63, 3.8) is 0 Å². The van der Waals surface area contributed by atoms with E-state index in [4.69, 9.17) is 5.11 Å². The van der Waals surface area contributed by atoms with Gasteiger partial charge in [-0.25, -0.2) is 0 Å². The normalized spacial score (nSPS) is 11.2. The Labute approximate surface area is 87.1 Å². The van der Waals surface area contributed by atoms with Gasteiger partial charge in [-0.1, -0.05) is 13.8 Å². The fraction of sp³-hybridized carbons (Fsp3) is 0.909. The first-order valence-corrected chi connectivity index (χ1v) is 5.42. The lowest BCUT2D eigenvalue weighted by atomic mass is 10.1. The fourth-order valence-electron chi connectivity index (χ4n) is 1.38. The lowest BCUT2D eigenvalue weighted by Gasteiger charge is -2.16. The Balaban J connectivity index is 3.27. The molecule has 0 radical (unpaired) electrons. The van der Waals surface area contributed by atoms with Gasteiger partial charge in [-0.05, 0) is 45.3 Å². The standard InChI is InChI=1S/C11H23NO2/c1-10(2)6-4-8-12(3)9-5-7-11(13)14/h10H,4-9H2,1-3H3,(H,13,14). The summed E-state index contributed by atoms with van der Waals surface area (Å²) in [5.41, 5.74) is 0. The minimum atomic E-state index is -0.694. The molecule has 0 aromatic heterocycles. The lowest BCUT2D eigenvalue weighted by molar-refractivity contribution is -0.137. The van der Waals surface area contributed by atoms with Gasteiger partial charge in [0.1, 0.15) is 0 Å². The van der Waals surface area contributed by atoms with Gasteiger partial charge in [-0.15, -0.1) is 0 Å². The molecule has 84 valence electrons. The molecule has 0 bridgehead atoms. The van der Waals surface area contributed by atoms with Crippen LogP contribution in [0.5, 0.6) is 0 Å². The zero-order chi connectivity index (χ0) is 11.0. The van der Waals surface area contributed by atoms with Crippen LogP contribution in [0.25, 0.3) is 0 Å². The summed E-state index contributed by atoms with van der Waals surface area (Å²) in [6.07, 6.45) is 3.51. The third-order valence-corrected chi connectivity index (χ3v) is 2.25.